The fourth-order valence-electron chi connectivity index (χ4n) is 2.38. The predicted molar refractivity (Wildman–Crippen MR) is 77.5 cm³/mol. The summed E-state index contributed by atoms with van der Waals surface area (Å²) in [4.78, 5) is 0. The van der Waals surface area contributed by atoms with Crippen LogP contribution in [0.3, 0.4) is 0 Å². The normalized spacial score (nSPS) is 12.7. The largest absolute Gasteiger partial charge is 0.388 e. The van der Waals surface area contributed by atoms with E-state index in [-0.39, 0.29) is 5.02 Å². The molecule has 2 rings (SSSR count). The second-order valence-corrected chi connectivity index (χ2v) is 5.26. The van der Waals surface area contributed by atoms with Crippen LogP contribution < -0.4 is 0 Å². The van der Waals surface area contributed by atoms with Crippen LogP contribution in [0.1, 0.15) is 42.0 Å². The monoisotopic (exact) mass is 296 g/mol. The molecule has 0 aliphatic carbocycles. The number of hydrogen-bond donors (Lipinski definition) is 1. The van der Waals surface area contributed by atoms with Gasteiger partial charge >= 0.3 is 0 Å². The highest BCUT2D eigenvalue weighted by Crippen LogP contribution is 2.26. The van der Waals surface area contributed by atoms with Crippen LogP contribution >= 0.6 is 11.6 Å². The Morgan fingerprint density at radius 2 is 2.10 bits per heavy atom. The third-order valence-corrected chi connectivity index (χ3v) is 3.93. The van der Waals surface area contributed by atoms with Gasteiger partial charge in [-0.25, -0.2) is 4.39 Å². The molecule has 0 fully saturated rings. The van der Waals surface area contributed by atoms with E-state index in [0.29, 0.717) is 18.5 Å². The third-order valence-electron chi connectivity index (χ3n) is 3.51. The first-order chi connectivity index (χ1) is 9.45. The zero-order valence-corrected chi connectivity index (χ0v) is 12.6. The van der Waals surface area contributed by atoms with Gasteiger partial charge in [0.15, 0.2) is 0 Å². The molecule has 3 nitrogen and oxygen atoms in total. The van der Waals surface area contributed by atoms with Crippen molar-refractivity contribution in [2.24, 2.45) is 0 Å². The maximum absolute atomic E-state index is 13.4. The molecular formula is C15H18ClFN2O. The molecule has 0 amide bonds. The van der Waals surface area contributed by atoms with Gasteiger partial charge in [0, 0.05) is 11.3 Å². The second-order valence-electron chi connectivity index (χ2n) is 4.88. The van der Waals surface area contributed by atoms with E-state index >= 15 is 0 Å². The SMILES string of the molecule is CCC(O)c1c(C)nn(Cc2cccc(F)c2Cl)c1C. The Kier molecular flexibility index (Phi) is 4.45. The number of rotatable bonds is 4. The lowest BCUT2D eigenvalue weighted by molar-refractivity contribution is 0.172. The van der Waals surface area contributed by atoms with Crippen molar-refractivity contribution in [3.05, 3.63) is 51.6 Å². The van der Waals surface area contributed by atoms with Crippen molar-refractivity contribution < 1.29 is 9.50 Å². The minimum absolute atomic E-state index is 0.123. The molecule has 108 valence electrons. The molecule has 0 radical (unpaired) electrons. The highest BCUT2D eigenvalue weighted by Gasteiger charge is 2.18. The Balaban J connectivity index is 2.38. The molecule has 0 aliphatic rings. The van der Waals surface area contributed by atoms with Crippen LogP contribution in [0.2, 0.25) is 5.02 Å². The van der Waals surface area contributed by atoms with Crippen LogP contribution in [-0.4, -0.2) is 14.9 Å². The van der Waals surface area contributed by atoms with Gasteiger partial charge in [-0.05, 0) is 31.9 Å². The fraction of sp³-hybridized carbons (Fsp3) is 0.400. The minimum atomic E-state index is -0.522. The number of hydrogen-bond acceptors (Lipinski definition) is 2. The molecule has 5 heteroatoms. The van der Waals surface area contributed by atoms with Crippen molar-refractivity contribution in [2.75, 3.05) is 0 Å². The van der Waals surface area contributed by atoms with Gasteiger partial charge in [-0.2, -0.15) is 5.10 Å². The van der Waals surface area contributed by atoms with E-state index in [1.54, 1.807) is 16.8 Å². The van der Waals surface area contributed by atoms with Gasteiger partial charge in [0.2, 0.25) is 0 Å². The van der Waals surface area contributed by atoms with Gasteiger partial charge in [0.1, 0.15) is 5.82 Å². The molecule has 1 heterocycles. The molecule has 1 aromatic heterocycles. The van der Waals surface area contributed by atoms with E-state index < -0.39 is 11.9 Å². The molecular weight excluding hydrogens is 279 g/mol. The summed E-state index contributed by atoms with van der Waals surface area (Å²) in [7, 11) is 0. The summed E-state index contributed by atoms with van der Waals surface area (Å²) in [6.45, 7) is 6.08. The average molecular weight is 297 g/mol. The van der Waals surface area contributed by atoms with Crippen LogP contribution in [0.4, 0.5) is 4.39 Å². The predicted octanol–water partition coefficient (Wildman–Crippen LogP) is 3.78. The Morgan fingerprint density at radius 3 is 2.75 bits per heavy atom. The van der Waals surface area contributed by atoms with Gasteiger partial charge in [-0.15, -0.1) is 0 Å². The Hall–Kier alpha value is -1.39. The topological polar surface area (TPSA) is 38.1 Å². The molecule has 0 bridgehead atoms. The lowest BCUT2D eigenvalue weighted by atomic mass is 10.1. The molecule has 0 saturated carbocycles. The molecule has 0 aliphatic heterocycles. The summed E-state index contributed by atoms with van der Waals surface area (Å²) in [6, 6.07) is 4.74. The first-order valence-corrected chi connectivity index (χ1v) is 6.98. The van der Waals surface area contributed by atoms with Crippen molar-refractivity contribution in [1.82, 2.24) is 9.78 Å². The Bertz CT molecular complexity index is 625. The summed E-state index contributed by atoms with van der Waals surface area (Å²) in [5.74, 6) is -0.431. The number of aliphatic hydroxyl groups excluding tert-OH is 1. The van der Waals surface area contributed by atoms with E-state index in [1.165, 1.54) is 6.07 Å². The third kappa shape index (κ3) is 2.72. The summed E-state index contributed by atoms with van der Waals surface area (Å²) in [5.41, 5.74) is 3.20. The summed E-state index contributed by atoms with van der Waals surface area (Å²) < 4.78 is 15.2. The first kappa shape index (κ1) is 15.0. The number of nitrogens with zero attached hydrogens (tertiary/aromatic N) is 2. The summed E-state index contributed by atoms with van der Waals surface area (Å²) >= 11 is 5.97. The molecule has 2 aromatic rings. The van der Waals surface area contributed by atoms with E-state index in [4.69, 9.17) is 11.6 Å². The zero-order chi connectivity index (χ0) is 14.9. The van der Waals surface area contributed by atoms with Crippen LogP contribution in [-0.2, 0) is 6.54 Å². The molecule has 20 heavy (non-hydrogen) atoms. The van der Waals surface area contributed by atoms with E-state index in [9.17, 15) is 9.50 Å². The minimum Gasteiger partial charge on any atom is -0.388 e. The van der Waals surface area contributed by atoms with Crippen LogP contribution in [0.15, 0.2) is 18.2 Å². The second kappa shape index (κ2) is 5.94. The summed E-state index contributed by atoms with van der Waals surface area (Å²) in [5, 5.41) is 14.6. The zero-order valence-electron chi connectivity index (χ0n) is 11.8. The van der Waals surface area contributed by atoms with E-state index in [2.05, 4.69) is 5.10 Å². The molecule has 1 atom stereocenters. The van der Waals surface area contributed by atoms with Crippen LogP contribution in [0.5, 0.6) is 0 Å². The lowest BCUT2D eigenvalue weighted by Crippen LogP contribution is -2.06. The standard InChI is InChI=1S/C15H18ClFN2O/c1-4-13(20)14-9(2)18-19(10(14)3)8-11-6-5-7-12(17)15(11)16/h5-7,13,20H,4,8H2,1-3H3. The smallest absolute Gasteiger partial charge is 0.142 e. The molecule has 0 spiro atoms. The van der Waals surface area contributed by atoms with Crippen LogP contribution in [0, 0.1) is 19.7 Å². The number of halogens is 2. The highest BCUT2D eigenvalue weighted by atomic mass is 35.5. The molecule has 0 saturated heterocycles. The van der Waals surface area contributed by atoms with Crippen molar-refractivity contribution in [3.63, 3.8) is 0 Å². The maximum Gasteiger partial charge on any atom is 0.142 e. The van der Waals surface area contributed by atoms with Crippen molar-refractivity contribution in [1.29, 1.82) is 0 Å². The number of aliphatic hydroxyl groups is 1. The molecule has 1 aromatic carbocycles. The molecule has 1 unspecified atom stereocenters. The molecule has 1 N–H and O–H groups in total. The van der Waals surface area contributed by atoms with E-state index in [0.717, 1.165) is 17.0 Å². The van der Waals surface area contributed by atoms with Gasteiger partial charge < -0.3 is 5.11 Å². The van der Waals surface area contributed by atoms with Crippen molar-refractivity contribution in [2.45, 2.75) is 39.8 Å². The van der Waals surface area contributed by atoms with Crippen molar-refractivity contribution >= 4 is 11.6 Å². The van der Waals surface area contributed by atoms with Crippen molar-refractivity contribution in [3.8, 4) is 0 Å². The fourth-order valence-corrected chi connectivity index (χ4v) is 2.57. The van der Waals surface area contributed by atoms with E-state index in [1.807, 2.05) is 20.8 Å². The van der Waals surface area contributed by atoms with Gasteiger partial charge in [0.25, 0.3) is 0 Å². The summed E-state index contributed by atoms with van der Waals surface area (Å²) in [6.07, 6.45) is 0.111. The van der Waals surface area contributed by atoms with Gasteiger partial charge in [-0.1, -0.05) is 30.7 Å². The van der Waals surface area contributed by atoms with Gasteiger partial charge in [-0.3, -0.25) is 4.68 Å². The average Bonchev–Trinajstić information content (AvgIpc) is 2.69. The van der Waals surface area contributed by atoms with Crippen LogP contribution in [0.25, 0.3) is 0 Å². The highest BCUT2D eigenvalue weighted by molar-refractivity contribution is 6.31. The van der Waals surface area contributed by atoms with Gasteiger partial charge in [0.05, 0.1) is 23.4 Å². The first-order valence-electron chi connectivity index (χ1n) is 6.60. The number of aryl methyl sites for hydroxylation is 1. The maximum atomic E-state index is 13.4. The Morgan fingerprint density at radius 1 is 1.40 bits per heavy atom. The lowest BCUT2D eigenvalue weighted by Gasteiger charge is -2.10. The number of benzene rings is 1. The Labute approximate surface area is 123 Å². The quantitative estimate of drug-likeness (QED) is 0.932. The number of aromatic nitrogens is 2.